The third-order valence-corrected chi connectivity index (χ3v) is 5.77. The molecule has 130 valence electrons. The third kappa shape index (κ3) is 3.49. The summed E-state index contributed by atoms with van der Waals surface area (Å²) in [6.07, 6.45) is 3.66. The van der Waals surface area contributed by atoms with Crippen LogP contribution in [0.25, 0.3) is 15.9 Å². The molecule has 2 aromatic heterocycles. The molecule has 0 unspecified atom stereocenters. The van der Waals surface area contributed by atoms with E-state index in [1.54, 1.807) is 6.20 Å². The van der Waals surface area contributed by atoms with Crippen molar-refractivity contribution in [2.24, 2.45) is 0 Å². The SMILES string of the molecule is Cc1ccccc1-n1ccnc1SCC(=O)Nc1nc2ccccc2s1. The topological polar surface area (TPSA) is 59.8 Å². The molecule has 0 bridgehead atoms. The van der Waals surface area contributed by atoms with Crippen LogP contribution in [0.15, 0.2) is 66.1 Å². The van der Waals surface area contributed by atoms with Gasteiger partial charge in [0.1, 0.15) is 0 Å². The molecule has 4 aromatic rings. The van der Waals surface area contributed by atoms with Gasteiger partial charge in [-0.3, -0.25) is 9.36 Å². The van der Waals surface area contributed by atoms with Gasteiger partial charge in [0.05, 0.1) is 21.7 Å². The molecule has 2 heterocycles. The molecule has 0 aliphatic rings. The van der Waals surface area contributed by atoms with E-state index < -0.39 is 0 Å². The van der Waals surface area contributed by atoms with Crippen LogP contribution in [-0.2, 0) is 4.79 Å². The molecule has 4 rings (SSSR count). The molecule has 5 nitrogen and oxygen atoms in total. The maximum Gasteiger partial charge on any atom is 0.236 e. The number of hydrogen-bond donors (Lipinski definition) is 1. The summed E-state index contributed by atoms with van der Waals surface area (Å²) in [4.78, 5) is 21.1. The Bertz CT molecular complexity index is 1040. The predicted molar refractivity (Wildman–Crippen MR) is 107 cm³/mol. The Kier molecular flexibility index (Phi) is 4.73. The van der Waals surface area contributed by atoms with Gasteiger partial charge in [0.15, 0.2) is 10.3 Å². The maximum atomic E-state index is 12.3. The largest absolute Gasteiger partial charge is 0.301 e. The zero-order valence-corrected chi connectivity index (χ0v) is 15.7. The Hall–Kier alpha value is -2.64. The van der Waals surface area contributed by atoms with Gasteiger partial charge in [-0.1, -0.05) is 53.4 Å². The van der Waals surface area contributed by atoms with Crippen molar-refractivity contribution in [2.75, 3.05) is 11.1 Å². The number of aryl methyl sites for hydroxylation is 1. The number of nitrogens with one attached hydrogen (secondary N) is 1. The van der Waals surface area contributed by atoms with Crippen LogP contribution in [-0.4, -0.2) is 26.2 Å². The van der Waals surface area contributed by atoms with E-state index in [1.807, 2.05) is 53.2 Å². The molecule has 0 spiro atoms. The molecule has 0 aliphatic carbocycles. The van der Waals surface area contributed by atoms with Crippen molar-refractivity contribution >= 4 is 44.4 Å². The van der Waals surface area contributed by atoms with E-state index in [1.165, 1.54) is 23.1 Å². The quantitative estimate of drug-likeness (QED) is 0.517. The number of thiazole rings is 1. The smallest absolute Gasteiger partial charge is 0.236 e. The van der Waals surface area contributed by atoms with Crippen LogP contribution in [0.3, 0.4) is 0 Å². The first-order chi connectivity index (χ1) is 12.7. The summed E-state index contributed by atoms with van der Waals surface area (Å²) in [5.74, 6) is 0.187. The highest BCUT2D eigenvalue weighted by Gasteiger charge is 2.12. The van der Waals surface area contributed by atoms with Gasteiger partial charge >= 0.3 is 0 Å². The summed E-state index contributed by atoms with van der Waals surface area (Å²) in [5.41, 5.74) is 3.13. The number of para-hydroxylation sites is 2. The van der Waals surface area contributed by atoms with E-state index in [9.17, 15) is 4.79 Å². The molecule has 0 saturated heterocycles. The van der Waals surface area contributed by atoms with Crippen molar-refractivity contribution in [1.82, 2.24) is 14.5 Å². The number of carbonyl (C=O) groups is 1. The Balaban J connectivity index is 1.44. The molecule has 0 atom stereocenters. The number of imidazole rings is 1. The van der Waals surface area contributed by atoms with Crippen LogP contribution in [0.1, 0.15) is 5.56 Å². The molecule has 2 aromatic carbocycles. The van der Waals surface area contributed by atoms with E-state index in [2.05, 4.69) is 28.3 Å². The van der Waals surface area contributed by atoms with Gasteiger partial charge in [-0.05, 0) is 30.7 Å². The van der Waals surface area contributed by atoms with Crippen molar-refractivity contribution in [2.45, 2.75) is 12.1 Å². The first kappa shape index (κ1) is 16.8. The summed E-state index contributed by atoms with van der Waals surface area (Å²) < 4.78 is 3.07. The monoisotopic (exact) mass is 380 g/mol. The van der Waals surface area contributed by atoms with Crippen LogP contribution in [0.4, 0.5) is 5.13 Å². The molecular formula is C19H16N4OS2. The van der Waals surface area contributed by atoms with Crippen LogP contribution in [0.5, 0.6) is 0 Å². The molecular weight excluding hydrogens is 364 g/mol. The Morgan fingerprint density at radius 2 is 2.00 bits per heavy atom. The predicted octanol–water partition coefficient (Wildman–Crippen LogP) is 4.52. The summed E-state index contributed by atoms with van der Waals surface area (Å²) in [7, 11) is 0. The average molecular weight is 380 g/mol. The second kappa shape index (κ2) is 7.31. The van der Waals surface area contributed by atoms with Crippen molar-refractivity contribution in [3.63, 3.8) is 0 Å². The summed E-state index contributed by atoms with van der Waals surface area (Å²) in [6, 6.07) is 15.9. The lowest BCUT2D eigenvalue weighted by atomic mass is 10.2. The van der Waals surface area contributed by atoms with Crippen LogP contribution < -0.4 is 5.32 Å². The first-order valence-electron chi connectivity index (χ1n) is 8.08. The van der Waals surface area contributed by atoms with Gasteiger partial charge in [0, 0.05) is 12.4 Å². The summed E-state index contributed by atoms with van der Waals surface area (Å²) in [6.45, 7) is 2.06. The lowest BCUT2D eigenvalue weighted by Crippen LogP contribution is -2.14. The summed E-state index contributed by atoms with van der Waals surface area (Å²) in [5, 5.41) is 4.29. The first-order valence-corrected chi connectivity index (χ1v) is 9.88. The lowest BCUT2D eigenvalue weighted by Gasteiger charge is -2.10. The van der Waals surface area contributed by atoms with Crippen molar-refractivity contribution in [1.29, 1.82) is 0 Å². The Labute approximate surface area is 159 Å². The highest BCUT2D eigenvalue weighted by atomic mass is 32.2. The average Bonchev–Trinajstić information content (AvgIpc) is 3.26. The molecule has 26 heavy (non-hydrogen) atoms. The standard InChI is InChI=1S/C19H16N4OS2/c1-13-6-2-4-8-15(13)23-11-10-20-19(23)25-12-17(24)22-18-21-14-7-3-5-9-16(14)26-18/h2-11H,12H2,1H3,(H,21,22,24). The highest BCUT2D eigenvalue weighted by Crippen LogP contribution is 2.26. The van der Waals surface area contributed by atoms with Gasteiger partial charge in [-0.25, -0.2) is 9.97 Å². The normalized spacial score (nSPS) is 11.0. The fraction of sp³-hybridized carbons (Fsp3) is 0.105. The molecule has 1 amide bonds. The number of anilines is 1. The molecule has 1 N–H and O–H groups in total. The number of thioether (sulfide) groups is 1. The van der Waals surface area contributed by atoms with E-state index in [-0.39, 0.29) is 11.7 Å². The number of amides is 1. The minimum absolute atomic E-state index is 0.0895. The number of hydrogen-bond acceptors (Lipinski definition) is 5. The Morgan fingerprint density at radius 3 is 2.85 bits per heavy atom. The third-order valence-electron chi connectivity index (χ3n) is 3.85. The molecule has 0 radical (unpaired) electrons. The van der Waals surface area contributed by atoms with Gasteiger partial charge in [-0.15, -0.1) is 0 Å². The molecule has 7 heteroatoms. The zero-order valence-electron chi connectivity index (χ0n) is 14.0. The van der Waals surface area contributed by atoms with E-state index >= 15 is 0 Å². The van der Waals surface area contributed by atoms with Gasteiger partial charge < -0.3 is 5.32 Å². The highest BCUT2D eigenvalue weighted by molar-refractivity contribution is 7.99. The number of nitrogens with zero attached hydrogens (tertiary/aromatic N) is 3. The van der Waals surface area contributed by atoms with E-state index in [0.29, 0.717) is 5.13 Å². The number of aromatic nitrogens is 3. The van der Waals surface area contributed by atoms with E-state index in [0.717, 1.165) is 26.6 Å². The number of benzene rings is 2. The van der Waals surface area contributed by atoms with Gasteiger partial charge in [0.25, 0.3) is 0 Å². The van der Waals surface area contributed by atoms with E-state index in [4.69, 9.17) is 0 Å². The minimum atomic E-state index is -0.0895. The molecule has 0 fully saturated rings. The van der Waals surface area contributed by atoms with Crippen LogP contribution >= 0.6 is 23.1 Å². The zero-order chi connectivity index (χ0) is 17.9. The number of fused-ring (bicyclic) bond motifs is 1. The fourth-order valence-electron chi connectivity index (χ4n) is 2.62. The van der Waals surface area contributed by atoms with Crippen molar-refractivity contribution in [3.05, 3.63) is 66.5 Å². The van der Waals surface area contributed by atoms with Crippen LogP contribution in [0, 0.1) is 6.92 Å². The molecule has 0 saturated carbocycles. The van der Waals surface area contributed by atoms with Crippen LogP contribution in [0.2, 0.25) is 0 Å². The summed E-state index contributed by atoms with van der Waals surface area (Å²) >= 11 is 2.89. The number of rotatable bonds is 5. The second-order valence-electron chi connectivity index (χ2n) is 5.69. The van der Waals surface area contributed by atoms with Crippen molar-refractivity contribution in [3.8, 4) is 5.69 Å². The fourth-order valence-corrected chi connectivity index (χ4v) is 4.27. The number of carbonyl (C=O) groups excluding carboxylic acids is 1. The minimum Gasteiger partial charge on any atom is -0.301 e. The Morgan fingerprint density at radius 1 is 1.19 bits per heavy atom. The van der Waals surface area contributed by atoms with Gasteiger partial charge in [-0.2, -0.15) is 0 Å². The maximum absolute atomic E-state index is 12.3. The van der Waals surface area contributed by atoms with Crippen molar-refractivity contribution < 1.29 is 4.79 Å². The van der Waals surface area contributed by atoms with Gasteiger partial charge in [0.2, 0.25) is 5.91 Å². The lowest BCUT2D eigenvalue weighted by molar-refractivity contribution is -0.113. The molecule has 0 aliphatic heterocycles. The second-order valence-corrected chi connectivity index (χ2v) is 7.66.